The minimum absolute atomic E-state index is 0.171. The van der Waals surface area contributed by atoms with Crippen LogP contribution in [0.1, 0.15) is 17.0 Å². The fourth-order valence-corrected chi connectivity index (χ4v) is 2.41. The zero-order chi connectivity index (χ0) is 14.8. The molecule has 1 amide bonds. The van der Waals surface area contributed by atoms with Gasteiger partial charge in [0.25, 0.3) is 5.91 Å². The van der Waals surface area contributed by atoms with Crippen molar-refractivity contribution in [2.75, 3.05) is 11.5 Å². The molecule has 21 heavy (non-hydrogen) atoms. The molecule has 0 N–H and O–H groups in total. The summed E-state index contributed by atoms with van der Waals surface area (Å²) in [6, 6.07) is 9.25. The van der Waals surface area contributed by atoms with Crippen LogP contribution in [0, 0.1) is 0 Å². The van der Waals surface area contributed by atoms with Crippen molar-refractivity contribution in [3.63, 3.8) is 0 Å². The van der Waals surface area contributed by atoms with Gasteiger partial charge in [0, 0.05) is 17.1 Å². The second-order valence-electron chi connectivity index (χ2n) is 4.60. The molecule has 1 aliphatic heterocycles. The van der Waals surface area contributed by atoms with Gasteiger partial charge in [-0.2, -0.15) is 0 Å². The van der Waals surface area contributed by atoms with E-state index in [0.717, 1.165) is 0 Å². The van der Waals surface area contributed by atoms with E-state index in [1.165, 1.54) is 11.2 Å². The minimum Gasteiger partial charge on any atom is -0.464 e. The number of hydrogen-bond donors (Lipinski definition) is 0. The number of hydrogen-bond acceptors (Lipinski definition) is 4. The predicted octanol–water partition coefficient (Wildman–Crippen LogP) is 2.90. The molecule has 1 aromatic heterocycles. The van der Waals surface area contributed by atoms with E-state index < -0.39 is 12.0 Å². The third kappa shape index (κ3) is 2.64. The van der Waals surface area contributed by atoms with E-state index in [0.29, 0.717) is 23.7 Å². The Bertz CT molecular complexity index is 651. The summed E-state index contributed by atoms with van der Waals surface area (Å²) in [5, 5.41) is 0.554. The molecule has 1 unspecified atom stereocenters. The lowest BCUT2D eigenvalue weighted by Gasteiger charge is -2.25. The zero-order valence-electron chi connectivity index (χ0n) is 11.0. The van der Waals surface area contributed by atoms with E-state index in [-0.39, 0.29) is 11.7 Å². The highest BCUT2D eigenvalue weighted by molar-refractivity contribution is 6.30. The van der Waals surface area contributed by atoms with Crippen LogP contribution in [-0.4, -0.2) is 24.5 Å². The van der Waals surface area contributed by atoms with Crippen molar-refractivity contribution >= 4 is 29.2 Å². The number of furan rings is 1. The van der Waals surface area contributed by atoms with Gasteiger partial charge in [-0.15, -0.1) is 0 Å². The Hall–Kier alpha value is -2.27. The van der Waals surface area contributed by atoms with Crippen molar-refractivity contribution in [3.8, 4) is 0 Å². The maximum Gasteiger partial charge on any atom is 0.329 e. The molecule has 0 spiro atoms. The van der Waals surface area contributed by atoms with Crippen molar-refractivity contribution in [1.29, 1.82) is 0 Å². The number of benzene rings is 1. The van der Waals surface area contributed by atoms with E-state index in [1.54, 1.807) is 36.4 Å². The number of cyclic esters (lactones) is 1. The SMILES string of the molecule is O=C1OCCC1N(C(=O)c1ccco1)c1ccc(Cl)cc1. The predicted molar refractivity (Wildman–Crippen MR) is 76.3 cm³/mol. The highest BCUT2D eigenvalue weighted by Crippen LogP contribution is 2.26. The van der Waals surface area contributed by atoms with Gasteiger partial charge in [-0.3, -0.25) is 9.69 Å². The maximum absolute atomic E-state index is 12.6. The average Bonchev–Trinajstić information content (AvgIpc) is 3.13. The number of esters is 1. The highest BCUT2D eigenvalue weighted by Gasteiger charge is 2.37. The molecule has 0 radical (unpaired) electrons. The summed E-state index contributed by atoms with van der Waals surface area (Å²) in [4.78, 5) is 25.9. The van der Waals surface area contributed by atoms with Crippen molar-refractivity contribution in [2.24, 2.45) is 0 Å². The van der Waals surface area contributed by atoms with Gasteiger partial charge in [-0.1, -0.05) is 11.6 Å². The molecule has 1 atom stereocenters. The van der Waals surface area contributed by atoms with Crippen LogP contribution >= 0.6 is 11.6 Å². The number of rotatable bonds is 3. The zero-order valence-corrected chi connectivity index (χ0v) is 11.7. The first-order valence-corrected chi connectivity index (χ1v) is 6.84. The van der Waals surface area contributed by atoms with Gasteiger partial charge in [0.1, 0.15) is 6.04 Å². The summed E-state index contributed by atoms with van der Waals surface area (Å²) in [6.07, 6.45) is 1.87. The number of anilines is 1. The first-order valence-electron chi connectivity index (χ1n) is 6.46. The largest absolute Gasteiger partial charge is 0.464 e. The van der Waals surface area contributed by atoms with Crippen molar-refractivity contribution < 1.29 is 18.7 Å². The molecule has 108 valence electrons. The van der Waals surface area contributed by atoms with E-state index in [9.17, 15) is 9.59 Å². The van der Waals surface area contributed by atoms with Gasteiger partial charge in [0.2, 0.25) is 0 Å². The van der Waals surface area contributed by atoms with Crippen LogP contribution in [0.2, 0.25) is 5.02 Å². The Kier molecular flexibility index (Phi) is 3.66. The van der Waals surface area contributed by atoms with E-state index in [1.807, 2.05) is 0 Å². The lowest BCUT2D eigenvalue weighted by molar-refractivity contribution is -0.139. The van der Waals surface area contributed by atoms with Crippen LogP contribution in [0.3, 0.4) is 0 Å². The van der Waals surface area contributed by atoms with E-state index >= 15 is 0 Å². The summed E-state index contributed by atoms with van der Waals surface area (Å²) >= 11 is 5.87. The van der Waals surface area contributed by atoms with E-state index in [4.69, 9.17) is 20.8 Å². The molecule has 1 aromatic carbocycles. The van der Waals surface area contributed by atoms with Crippen LogP contribution in [0.5, 0.6) is 0 Å². The summed E-state index contributed by atoms with van der Waals surface area (Å²) in [7, 11) is 0. The number of halogens is 1. The third-order valence-electron chi connectivity index (χ3n) is 3.27. The minimum atomic E-state index is -0.649. The Labute approximate surface area is 126 Å². The van der Waals surface area contributed by atoms with Gasteiger partial charge in [-0.25, -0.2) is 4.79 Å². The molecule has 1 fully saturated rings. The quantitative estimate of drug-likeness (QED) is 0.818. The lowest BCUT2D eigenvalue weighted by atomic mass is 10.1. The second-order valence-corrected chi connectivity index (χ2v) is 5.04. The Morgan fingerprint density at radius 3 is 2.57 bits per heavy atom. The third-order valence-corrected chi connectivity index (χ3v) is 3.53. The average molecular weight is 306 g/mol. The van der Waals surface area contributed by atoms with Gasteiger partial charge in [0.15, 0.2) is 5.76 Å². The van der Waals surface area contributed by atoms with Gasteiger partial charge >= 0.3 is 5.97 Å². The topological polar surface area (TPSA) is 59.8 Å². The lowest BCUT2D eigenvalue weighted by Crippen LogP contribution is -2.43. The first kappa shape index (κ1) is 13.7. The Morgan fingerprint density at radius 2 is 2.00 bits per heavy atom. The Morgan fingerprint density at radius 1 is 1.24 bits per heavy atom. The normalized spacial score (nSPS) is 17.6. The van der Waals surface area contributed by atoms with Gasteiger partial charge < -0.3 is 9.15 Å². The molecule has 1 saturated heterocycles. The fraction of sp³-hybridized carbons (Fsp3) is 0.200. The highest BCUT2D eigenvalue weighted by atomic mass is 35.5. The molecule has 0 bridgehead atoms. The van der Waals surface area contributed by atoms with E-state index in [2.05, 4.69) is 0 Å². The van der Waals surface area contributed by atoms with Crippen molar-refractivity contribution in [3.05, 3.63) is 53.4 Å². The van der Waals surface area contributed by atoms with Crippen LogP contribution < -0.4 is 4.90 Å². The number of carbonyl (C=O) groups is 2. The van der Waals surface area contributed by atoms with Crippen LogP contribution in [0.25, 0.3) is 0 Å². The molecule has 1 aliphatic rings. The maximum atomic E-state index is 12.6. The second kappa shape index (κ2) is 5.61. The van der Waals surface area contributed by atoms with Crippen LogP contribution in [-0.2, 0) is 9.53 Å². The molecule has 2 heterocycles. The summed E-state index contributed by atoms with van der Waals surface area (Å²) < 4.78 is 10.1. The molecule has 3 rings (SSSR count). The fourth-order valence-electron chi connectivity index (χ4n) is 2.28. The number of carbonyl (C=O) groups excluding carboxylic acids is 2. The molecular formula is C15H12ClNO4. The van der Waals surface area contributed by atoms with Crippen molar-refractivity contribution in [1.82, 2.24) is 0 Å². The molecule has 0 aliphatic carbocycles. The van der Waals surface area contributed by atoms with Crippen LogP contribution in [0.15, 0.2) is 47.1 Å². The summed E-state index contributed by atoms with van der Waals surface area (Å²) in [5.74, 6) is -0.624. The summed E-state index contributed by atoms with van der Waals surface area (Å²) in [6.45, 7) is 0.305. The number of nitrogens with zero attached hydrogens (tertiary/aromatic N) is 1. The molecule has 2 aromatic rings. The molecular weight excluding hydrogens is 294 g/mol. The summed E-state index contributed by atoms with van der Waals surface area (Å²) in [5.41, 5.74) is 0.574. The monoisotopic (exact) mass is 305 g/mol. The van der Waals surface area contributed by atoms with Crippen LogP contribution in [0.4, 0.5) is 5.69 Å². The number of ether oxygens (including phenoxy) is 1. The molecule has 5 nitrogen and oxygen atoms in total. The Balaban J connectivity index is 2.00. The first-order chi connectivity index (χ1) is 10.2. The smallest absolute Gasteiger partial charge is 0.329 e. The van der Waals surface area contributed by atoms with Gasteiger partial charge in [-0.05, 0) is 36.4 Å². The number of amides is 1. The standard InChI is InChI=1S/C15H12ClNO4/c16-10-3-5-11(6-4-10)17(12-7-9-21-15(12)19)14(18)13-2-1-8-20-13/h1-6,8,12H,7,9H2. The molecule has 6 heteroatoms. The molecule has 0 saturated carbocycles. The van der Waals surface area contributed by atoms with Gasteiger partial charge in [0.05, 0.1) is 12.9 Å². The van der Waals surface area contributed by atoms with Crippen molar-refractivity contribution in [2.45, 2.75) is 12.5 Å².